The molecule has 1 saturated carbocycles. The van der Waals surface area contributed by atoms with Crippen LogP contribution in [0.1, 0.15) is 36.8 Å². The van der Waals surface area contributed by atoms with Crippen LogP contribution in [0.2, 0.25) is 0 Å². The summed E-state index contributed by atoms with van der Waals surface area (Å²) in [5.74, 6) is -0.980. The zero-order valence-electron chi connectivity index (χ0n) is 18.0. The fourth-order valence-electron chi connectivity index (χ4n) is 5.14. The summed E-state index contributed by atoms with van der Waals surface area (Å²) in [7, 11) is 0. The molecule has 10 heteroatoms. The molecule has 1 fully saturated rings. The first kappa shape index (κ1) is 21.2. The van der Waals surface area contributed by atoms with Crippen molar-refractivity contribution in [1.82, 2.24) is 19.6 Å². The highest BCUT2D eigenvalue weighted by Crippen LogP contribution is 2.60. The molecule has 6 rings (SSSR count). The molecule has 0 N–H and O–H groups in total. The number of anilines is 2. The number of benzene rings is 2. The van der Waals surface area contributed by atoms with Gasteiger partial charge < -0.3 is 4.90 Å². The number of hydrogen-bond donors (Lipinski definition) is 0. The minimum absolute atomic E-state index is 0.0632. The van der Waals surface area contributed by atoms with Crippen molar-refractivity contribution in [3.63, 3.8) is 0 Å². The number of halogens is 5. The standard InChI is InChI=1S/C24H20F5N5/c25-15-11-17(26)20-19(12-15)34-13-30-32-22(34)31-21(20)33-10-2-4-16-14(3-1-5-18(16)33)6-7-23(8-9-23)24(27,28)29/h1,3,5,11-13H,2,4,6-10H2. The summed E-state index contributed by atoms with van der Waals surface area (Å²) in [6.45, 7) is 0.534. The Labute approximate surface area is 191 Å². The van der Waals surface area contributed by atoms with E-state index in [1.807, 2.05) is 23.1 Å². The summed E-state index contributed by atoms with van der Waals surface area (Å²) in [4.78, 5) is 6.40. The molecule has 0 saturated heterocycles. The maximum atomic E-state index is 15.1. The Bertz CT molecular complexity index is 1420. The molecule has 5 nitrogen and oxygen atoms in total. The number of hydrogen-bond acceptors (Lipinski definition) is 4. The fraction of sp³-hybridized carbons (Fsp3) is 0.375. The zero-order valence-corrected chi connectivity index (χ0v) is 18.0. The molecule has 0 radical (unpaired) electrons. The second-order valence-corrected chi connectivity index (χ2v) is 9.17. The summed E-state index contributed by atoms with van der Waals surface area (Å²) >= 11 is 0. The quantitative estimate of drug-likeness (QED) is 0.346. The van der Waals surface area contributed by atoms with Crippen LogP contribution in [0.5, 0.6) is 0 Å². The first-order valence-corrected chi connectivity index (χ1v) is 11.2. The number of rotatable bonds is 4. The average Bonchev–Trinajstić information content (AvgIpc) is 3.46. The molecule has 0 amide bonds. The minimum atomic E-state index is -4.18. The van der Waals surface area contributed by atoms with Crippen LogP contribution in [0, 0.1) is 17.0 Å². The maximum Gasteiger partial charge on any atom is 0.394 e. The Balaban J connectivity index is 1.45. The van der Waals surface area contributed by atoms with E-state index in [-0.39, 0.29) is 35.9 Å². The molecular formula is C24H20F5N5. The molecule has 0 spiro atoms. The van der Waals surface area contributed by atoms with Crippen molar-refractivity contribution in [1.29, 1.82) is 0 Å². The molecule has 0 atom stereocenters. The summed E-state index contributed by atoms with van der Waals surface area (Å²) in [5, 5.41) is 7.93. The highest BCUT2D eigenvalue weighted by atomic mass is 19.4. The van der Waals surface area contributed by atoms with Crippen LogP contribution in [0.4, 0.5) is 33.5 Å². The van der Waals surface area contributed by atoms with Crippen molar-refractivity contribution >= 4 is 28.2 Å². The molecule has 4 aromatic rings. The third-order valence-corrected chi connectivity index (χ3v) is 7.18. The van der Waals surface area contributed by atoms with Crippen molar-refractivity contribution in [2.24, 2.45) is 5.41 Å². The van der Waals surface area contributed by atoms with E-state index in [4.69, 9.17) is 0 Å². The van der Waals surface area contributed by atoms with Crippen LogP contribution in [-0.2, 0) is 12.8 Å². The monoisotopic (exact) mass is 473 g/mol. The Kier molecular flexibility index (Phi) is 4.59. The molecule has 3 heterocycles. The third-order valence-electron chi connectivity index (χ3n) is 7.18. The van der Waals surface area contributed by atoms with Crippen LogP contribution in [0.25, 0.3) is 16.7 Å². The predicted octanol–water partition coefficient (Wildman–Crippen LogP) is 5.92. The topological polar surface area (TPSA) is 46.3 Å². The van der Waals surface area contributed by atoms with Gasteiger partial charge in [0, 0.05) is 18.3 Å². The second-order valence-electron chi connectivity index (χ2n) is 9.17. The number of aryl methyl sites for hydroxylation is 1. The van der Waals surface area contributed by atoms with Crippen LogP contribution in [0.3, 0.4) is 0 Å². The Morgan fingerprint density at radius 1 is 1.09 bits per heavy atom. The Hall–Kier alpha value is -3.30. The smallest absolute Gasteiger partial charge is 0.325 e. The van der Waals surface area contributed by atoms with Gasteiger partial charge in [0.15, 0.2) is 0 Å². The lowest BCUT2D eigenvalue weighted by molar-refractivity contribution is -0.188. The van der Waals surface area contributed by atoms with Gasteiger partial charge in [0.2, 0.25) is 0 Å². The number of alkyl halides is 3. The normalized spacial score (nSPS) is 17.4. The molecule has 0 unspecified atom stereocenters. The van der Waals surface area contributed by atoms with Crippen molar-refractivity contribution in [3.05, 3.63) is 59.4 Å². The van der Waals surface area contributed by atoms with Crippen molar-refractivity contribution in [3.8, 4) is 0 Å². The van der Waals surface area contributed by atoms with Gasteiger partial charge in [-0.3, -0.25) is 4.40 Å². The van der Waals surface area contributed by atoms with Gasteiger partial charge in [-0.25, -0.2) is 8.78 Å². The summed E-state index contributed by atoms with van der Waals surface area (Å²) < 4.78 is 70.9. The molecule has 2 aromatic carbocycles. The molecule has 0 bridgehead atoms. The molecule has 1 aliphatic carbocycles. The first-order chi connectivity index (χ1) is 16.3. The van der Waals surface area contributed by atoms with Crippen molar-refractivity contribution < 1.29 is 22.0 Å². The van der Waals surface area contributed by atoms with E-state index in [1.165, 1.54) is 16.8 Å². The van der Waals surface area contributed by atoms with E-state index in [2.05, 4.69) is 15.2 Å². The highest BCUT2D eigenvalue weighted by Gasteiger charge is 2.62. The van der Waals surface area contributed by atoms with Gasteiger partial charge in [0.1, 0.15) is 23.8 Å². The lowest BCUT2D eigenvalue weighted by Crippen LogP contribution is -2.28. The molecular weight excluding hydrogens is 453 g/mol. The van der Waals surface area contributed by atoms with E-state index in [0.717, 1.165) is 29.3 Å². The lowest BCUT2D eigenvalue weighted by Gasteiger charge is -2.33. The average molecular weight is 473 g/mol. The van der Waals surface area contributed by atoms with Crippen LogP contribution in [-0.4, -0.2) is 32.3 Å². The largest absolute Gasteiger partial charge is 0.394 e. The van der Waals surface area contributed by atoms with E-state index in [0.29, 0.717) is 25.2 Å². The van der Waals surface area contributed by atoms with Crippen LogP contribution in [0.15, 0.2) is 36.7 Å². The van der Waals surface area contributed by atoms with Gasteiger partial charge in [-0.1, -0.05) is 12.1 Å². The maximum absolute atomic E-state index is 15.1. The minimum Gasteiger partial charge on any atom is -0.325 e. The van der Waals surface area contributed by atoms with Gasteiger partial charge in [0.25, 0.3) is 5.78 Å². The molecule has 176 valence electrons. The van der Waals surface area contributed by atoms with E-state index in [1.54, 1.807) is 0 Å². The van der Waals surface area contributed by atoms with Gasteiger partial charge in [-0.2, -0.15) is 18.2 Å². The summed E-state index contributed by atoms with van der Waals surface area (Å²) in [5.41, 5.74) is 1.30. The van der Waals surface area contributed by atoms with Crippen molar-refractivity contribution in [2.45, 2.75) is 44.7 Å². The summed E-state index contributed by atoms with van der Waals surface area (Å²) in [6, 6.07) is 7.59. The molecule has 1 aliphatic heterocycles. The summed E-state index contributed by atoms with van der Waals surface area (Å²) in [6.07, 6.45) is -0.645. The van der Waals surface area contributed by atoms with Gasteiger partial charge >= 0.3 is 6.18 Å². The van der Waals surface area contributed by atoms with E-state index < -0.39 is 23.2 Å². The number of fused-ring (bicyclic) bond motifs is 4. The molecule has 2 aromatic heterocycles. The zero-order chi connectivity index (χ0) is 23.7. The second kappa shape index (κ2) is 7.35. The van der Waals surface area contributed by atoms with E-state index >= 15 is 4.39 Å². The van der Waals surface area contributed by atoms with Crippen LogP contribution < -0.4 is 4.90 Å². The predicted molar refractivity (Wildman–Crippen MR) is 116 cm³/mol. The highest BCUT2D eigenvalue weighted by molar-refractivity contribution is 5.94. The lowest BCUT2D eigenvalue weighted by atomic mass is 9.90. The Morgan fingerprint density at radius 3 is 2.68 bits per heavy atom. The van der Waals surface area contributed by atoms with Gasteiger partial charge in [-0.15, -0.1) is 10.2 Å². The van der Waals surface area contributed by atoms with Gasteiger partial charge in [-0.05, 0) is 61.8 Å². The van der Waals surface area contributed by atoms with Crippen LogP contribution >= 0.6 is 0 Å². The number of aromatic nitrogens is 4. The third kappa shape index (κ3) is 3.22. The number of nitrogens with zero attached hydrogens (tertiary/aromatic N) is 5. The SMILES string of the molecule is Fc1cc(F)c2c(N3CCCc4c(CCC5(C(F)(F)F)CC5)cccc43)nc3nncn3c2c1. The van der Waals surface area contributed by atoms with E-state index in [9.17, 15) is 17.6 Å². The molecule has 34 heavy (non-hydrogen) atoms. The van der Waals surface area contributed by atoms with Gasteiger partial charge in [0.05, 0.1) is 16.3 Å². The molecule has 2 aliphatic rings. The fourth-order valence-corrected chi connectivity index (χ4v) is 5.14. The van der Waals surface area contributed by atoms with Crippen molar-refractivity contribution in [2.75, 3.05) is 11.4 Å². The first-order valence-electron chi connectivity index (χ1n) is 11.2. The Morgan fingerprint density at radius 2 is 1.91 bits per heavy atom.